The van der Waals surface area contributed by atoms with E-state index in [2.05, 4.69) is 4.98 Å². The van der Waals surface area contributed by atoms with Crippen LogP contribution in [-0.4, -0.2) is 18.5 Å². The first-order chi connectivity index (χ1) is 10.2. The quantitative estimate of drug-likeness (QED) is 0.922. The zero-order chi connectivity index (χ0) is 14.8. The van der Waals surface area contributed by atoms with Gasteiger partial charge in [-0.15, -0.1) is 0 Å². The molecular weight excluding hydrogens is 281 g/mol. The largest absolute Gasteiger partial charge is 0.463 e. The number of benzene rings is 1. The molecule has 1 aromatic heterocycles. The minimum Gasteiger partial charge on any atom is -0.463 e. The third kappa shape index (κ3) is 2.59. The molecule has 0 saturated carbocycles. The summed E-state index contributed by atoms with van der Waals surface area (Å²) in [5.74, 6) is -0.439. The molecule has 0 aliphatic carbocycles. The van der Waals surface area contributed by atoms with Crippen molar-refractivity contribution in [1.29, 1.82) is 0 Å². The first-order valence-electron chi connectivity index (χ1n) is 6.31. The molecule has 21 heavy (non-hydrogen) atoms. The Morgan fingerprint density at radius 3 is 2.76 bits per heavy atom. The van der Waals surface area contributed by atoms with E-state index in [1.807, 2.05) is 0 Å². The third-order valence-electron chi connectivity index (χ3n) is 3.34. The van der Waals surface area contributed by atoms with Crippen molar-refractivity contribution in [2.45, 2.75) is 12.5 Å². The van der Waals surface area contributed by atoms with Gasteiger partial charge in [-0.2, -0.15) is 0 Å². The van der Waals surface area contributed by atoms with Crippen molar-refractivity contribution < 1.29 is 18.3 Å². The Balaban J connectivity index is 2.02. The predicted octanol–water partition coefficient (Wildman–Crippen LogP) is 1.30. The summed E-state index contributed by atoms with van der Waals surface area (Å²) in [7, 11) is 0. The van der Waals surface area contributed by atoms with Crippen LogP contribution in [0.4, 0.5) is 4.39 Å². The SMILES string of the molecule is O=c1[nH]c(=O)c2c(o1)C(c1ccc(OCF)cc1)COC2. The average Bonchev–Trinajstić information content (AvgIpc) is 2.48. The van der Waals surface area contributed by atoms with E-state index in [0.29, 0.717) is 23.7 Å². The Labute approximate surface area is 118 Å². The summed E-state index contributed by atoms with van der Waals surface area (Å²) in [6, 6.07) is 6.65. The van der Waals surface area contributed by atoms with Gasteiger partial charge < -0.3 is 13.9 Å². The number of halogens is 1. The van der Waals surface area contributed by atoms with Gasteiger partial charge in [-0.3, -0.25) is 9.78 Å². The maximum Gasteiger partial charge on any atom is 0.419 e. The van der Waals surface area contributed by atoms with Crippen molar-refractivity contribution in [3.8, 4) is 5.75 Å². The molecule has 1 N–H and O–H groups in total. The first-order valence-corrected chi connectivity index (χ1v) is 6.31. The van der Waals surface area contributed by atoms with E-state index in [0.717, 1.165) is 5.56 Å². The van der Waals surface area contributed by atoms with Gasteiger partial charge in [-0.1, -0.05) is 12.1 Å². The monoisotopic (exact) mass is 293 g/mol. The topological polar surface area (TPSA) is 81.5 Å². The molecule has 0 saturated heterocycles. The van der Waals surface area contributed by atoms with Crippen LogP contribution in [0.25, 0.3) is 0 Å². The van der Waals surface area contributed by atoms with Crippen LogP contribution in [0.15, 0.2) is 38.3 Å². The second kappa shape index (κ2) is 5.53. The van der Waals surface area contributed by atoms with Gasteiger partial charge >= 0.3 is 5.76 Å². The molecule has 7 heteroatoms. The Bertz CT molecular complexity index is 749. The second-order valence-corrected chi connectivity index (χ2v) is 4.58. The molecule has 0 bridgehead atoms. The molecule has 0 spiro atoms. The number of rotatable bonds is 3. The zero-order valence-corrected chi connectivity index (χ0v) is 10.9. The Kier molecular flexibility index (Phi) is 3.57. The van der Waals surface area contributed by atoms with Gasteiger partial charge in [0.25, 0.3) is 5.56 Å². The van der Waals surface area contributed by atoms with Crippen molar-refractivity contribution in [3.05, 3.63) is 62.1 Å². The minimum atomic E-state index is -0.904. The van der Waals surface area contributed by atoms with E-state index < -0.39 is 18.2 Å². The second-order valence-electron chi connectivity index (χ2n) is 4.58. The average molecular weight is 293 g/mol. The van der Waals surface area contributed by atoms with Crippen LogP contribution in [-0.2, 0) is 11.3 Å². The fourth-order valence-electron chi connectivity index (χ4n) is 2.35. The van der Waals surface area contributed by atoms with Crippen molar-refractivity contribution >= 4 is 0 Å². The van der Waals surface area contributed by atoms with E-state index in [-0.39, 0.29) is 12.5 Å². The summed E-state index contributed by atoms with van der Waals surface area (Å²) in [6.45, 7) is -0.504. The highest BCUT2D eigenvalue weighted by Gasteiger charge is 2.27. The summed E-state index contributed by atoms with van der Waals surface area (Å²) in [4.78, 5) is 25.2. The molecule has 1 atom stereocenters. The van der Waals surface area contributed by atoms with Gasteiger partial charge in [0.05, 0.1) is 24.7 Å². The smallest absolute Gasteiger partial charge is 0.419 e. The van der Waals surface area contributed by atoms with Crippen LogP contribution in [0.5, 0.6) is 5.75 Å². The highest BCUT2D eigenvalue weighted by atomic mass is 19.1. The van der Waals surface area contributed by atoms with Crippen molar-refractivity contribution in [2.75, 3.05) is 13.5 Å². The lowest BCUT2D eigenvalue weighted by atomic mass is 9.93. The van der Waals surface area contributed by atoms with Crippen LogP contribution in [0.2, 0.25) is 0 Å². The highest BCUT2D eigenvalue weighted by Crippen LogP contribution is 2.30. The van der Waals surface area contributed by atoms with Crippen LogP contribution in [0.1, 0.15) is 22.8 Å². The molecule has 3 rings (SSSR count). The molecule has 110 valence electrons. The van der Waals surface area contributed by atoms with Gasteiger partial charge in [0, 0.05) is 0 Å². The number of aromatic amines is 1. The van der Waals surface area contributed by atoms with Crippen molar-refractivity contribution in [3.63, 3.8) is 0 Å². The number of nitrogens with one attached hydrogen (secondary N) is 1. The van der Waals surface area contributed by atoms with E-state index in [1.54, 1.807) is 24.3 Å². The van der Waals surface area contributed by atoms with Crippen LogP contribution < -0.4 is 16.1 Å². The number of aromatic nitrogens is 1. The van der Waals surface area contributed by atoms with Gasteiger partial charge in [-0.05, 0) is 17.7 Å². The molecule has 0 amide bonds. The molecule has 0 fully saturated rings. The molecule has 1 unspecified atom stereocenters. The van der Waals surface area contributed by atoms with Gasteiger partial charge in [0.1, 0.15) is 11.5 Å². The van der Waals surface area contributed by atoms with Crippen LogP contribution in [0.3, 0.4) is 0 Å². The molecular formula is C14H12FNO5. The van der Waals surface area contributed by atoms with Gasteiger partial charge in [-0.25, -0.2) is 9.18 Å². The molecule has 0 radical (unpaired) electrons. The number of fused-ring (bicyclic) bond motifs is 1. The lowest BCUT2D eigenvalue weighted by Gasteiger charge is -2.23. The first kappa shape index (κ1) is 13.6. The molecule has 6 nitrogen and oxygen atoms in total. The van der Waals surface area contributed by atoms with Crippen molar-refractivity contribution in [1.82, 2.24) is 4.98 Å². The van der Waals surface area contributed by atoms with Crippen LogP contribution >= 0.6 is 0 Å². The van der Waals surface area contributed by atoms with E-state index in [9.17, 15) is 14.0 Å². The van der Waals surface area contributed by atoms with Gasteiger partial charge in [0.15, 0.2) is 0 Å². The highest BCUT2D eigenvalue weighted by molar-refractivity contribution is 5.35. The zero-order valence-electron chi connectivity index (χ0n) is 10.9. The summed E-state index contributed by atoms with van der Waals surface area (Å²) < 4.78 is 27.4. The summed E-state index contributed by atoms with van der Waals surface area (Å²) >= 11 is 0. The lowest BCUT2D eigenvalue weighted by Crippen LogP contribution is -2.30. The number of ether oxygens (including phenoxy) is 2. The standard InChI is InChI=1S/C14H12FNO5/c15-7-20-9-3-1-8(2-4-9)10-5-19-6-11-12(10)21-14(18)16-13(11)17/h1-4,10H,5-7H2,(H,16,17,18). The number of hydrogen-bond donors (Lipinski definition) is 1. The lowest BCUT2D eigenvalue weighted by molar-refractivity contribution is 0.0853. The maximum absolute atomic E-state index is 12.1. The van der Waals surface area contributed by atoms with Gasteiger partial charge in [0.2, 0.25) is 6.86 Å². The number of hydrogen-bond acceptors (Lipinski definition) is 5. The van der Waals surface area contributed by atoms with E-state index in [1.165, 1.54) is 0 Å². The summed E-state index contributed by atoms with van der Waals surface area (Å²) in [5.41, 5.74) is 0.606. The van der Waals surface area contributed by atoms with E-state index >= 15 is 0 Å². The predicted molar refractivity (Wildman–Crippen MR) is 70.1 cm³/mol. The van der Waals surface area contributed by atoms with Crippen molar-refractivity contribution in [2.24, 2.45) is 0 Å². The number of H-pyrrole nitrogens is 1. The molecule has 2 heterocycles. The summed E-state index contributed by atoms with van der Waals surface area (Å²) in [6.07, 6.45) is 0. The molecule has 1 aliphatic heterocycles. The normalized spacial score (nSPS) is 17.3. The number of alkyl halides is 1. The Hall–Kier alpha value is -2.41. The fourth-order valence-corrected chi connectivity index (χ4v) is 2.35. The Morgan fingerprint density at radius 1 is 1.29 bits per heavy atom. The molecule has 1 aromatic carbocycles. The molecule has 1 aliphatic rings. The fraction of sp³-hybridized carbons (Fsp3) is 0.286. The van der Waals surface area contributed by atoms with E-state index in [4.69, 9.17) is 13.9 Å². The Morgan fingerprint density at radius 2 is 2.05 bits per heavy atom. The maximum atomic E-state index is 12.1. The van der Waals surface area contributed by atoms with Crippen LogP contribution in [0, 0.1) is 0 Å². The minimum absolute atomic E-state index is 0.105. The molecule has 2 aromatic rings. The summed E-state index contributed by atoms with van der Waals surface area (Å²) in [5, 5.41) is 0. The third-order valence-corrected chi connectivity index (χ3v) is 3.34.